The van der Waals surface area contributed by atoms with Gasteiger partial charge >= 0.3 is 11.9 Å². The summed E-state index contributed by atoms with van der Waals surface area (Å²) in [6.07, 6.45) is 3.93. The van der Waals surface area contributed by atoms with Crippen LogP contribution in [0.2, 0.25) is 0 Å². The van der Waals surface area contributed by atoms with Crippen molar-refractivity contribution in [3.63, 3.8) is 0 Å². The zero-order valence-electron chi connectivity index (χ0n) is 11.7. The Bertz CT molecular complexity index is 183. The predicted octanol–water partition coefficient (Wildman–Crippen LogP) is 2.56. The van der Waals surface area contributed by atoms with Crippen LogP contribution in [-0.2, 0) is 29.1 Å². The van der Waals surface area contributed by atoms with E-state index < -0.39 is 11.9 Å². The molecule has 0 aromatic heterocycles. The van der Waals surface area contributed by atoms with Crippen molar-refractivity contribution < 1.29 is 29.1 Å². The van der Waals surface area contributed by atoms with Crippen molar-refractivity contribution in [2.24, 2.45) is 0 Å². The second-order valence-corrected chi connectivity index (χ2v) is 3.50. The van der Waals surface area contributed by atoms with Gasteiger partial charge in [0, 0.05) is 13.8 Å². The second-order valence-electron chi connectivity index (χ2n) is 3.50. The largest absolute Gasteiger partial charge is 0.339 e. The average molecular weight is 264 g/mol. The first kappa shape index (κ1) is 19.2. The minimum absolute atomic E-state index is 0.397. The first-order valence-electron chi connectivity index (χ1n) is 6.14. The molecular formula is C12H24O6. The normalized spacial score (nSPS) is 9.11. The van der Waals surface area contributed by atoms with E-state index in [1.54, 1.807) is 0 Å². The standard InChI is InChI=1S/2C6H12O3/c2*1-3-4-5-8-9-6(2)7/h2*3-5H2,1-2H3. The molecule has 0 saturated heterocycles. The summed E-state index contributed by atoms with van der Waals surface area (Å²) in [6.45, 7) is 7.69. The van der Waals surface area contributed by atoms with E-state index in [9.17, 15) is 9.59 Å². The van der Waals surface area contributed by atoms with Crippen LogP contribution in [-0.4, -0.2) is 25.2 Å². The van der Waals surface area contributed by atoms with Gasteiger partial charge in [0.1, 0.15) is 0 Å². The van der Waals surface area contributed by atoms with Crippen molar-refractivity contribution in [1.29, 1.82) is 0 Å². The fraction of sp³-hybridized carbons (Fsp3) is 0.833. The topological polar surface area (TPSA) is 71.1 Å². The monoisotopic (exact) mass is 264 g/mol. The molecule has 0 aromatic carbocycles. The van der Waals surface area contributed by atoms with Crippen LogP contribution in [0.5, 0.6) is 0 Å². The summed E-state index contributed by atoms with van der Waals surface area (Å²) in [5.41, 5.74) is 0. The summed E-state index contributed by atoms with van der Waals surface area (Å²) >= 11 is 0. The third-order valence-electron chi connectivity index (χ3n) is 1.52. The summed E-state index contributed by atoms with van der Waals surface area (Å²) in [5.74, 6) is -0.794. The van der Waals surface area contributed by atoms with E-state index in [4.69, 9.17) is 0 Å². The van der Waals surface area contributed by atoms with Crippen LogP contribution in [0.25, 0.3) is 0 Å². The molecule has 0 fully saturated rings. The van der Waals surface area contributed by atoms with Crippen LogP contribution >= 0.6 is 0 Å². The zero-order valence-corrected chi connectivity index (χ0v) is 11.7. The highest BCUT2D eigenvalue weighted by Crippen LogP contribution is 1.88. The molecule has 0 aromatic rings. The van der Waals surface area contributed by atoms with E-state index in [0.717, 1.165) is 25.7 Å². The van der Waals surface area contributed by atoms with E-state index in [-0.39, 0.29) is 0 Å². The molecule has 0 bridgehead atoms. The molecule has 0 radical (unpaired) electrons. The second kappa shape index (κ2) is 15.9. The highest BCUT2D eigenvalue weighted by atomic mass is 17.2. The van der Waals surface area contributed by atoms with Gasteiger partial charge in [0.25, 0.3) is 0 Å². The highest BCUT2D eigenvalue weighted by molar-refractivity contribution is 5.65. The first-order chi connectivity index (χ1) is 8.54. The third kappa shape index (κ3) is 24.2. The van der Waals surface area contributed by atoms with Crippen molar-refractivity contribution in [2.75, 3.05) is 13.2 Å². The molecule has 6 heteroatoms. The van der Waals surface area contributed by atoms with Crippen molar-refractivity contribution in [3.05, 3.63) is 0 Å². The Labute approximate surface area is 108 Å². The lowest BCUT2D eigenvalue weighted by Crippen LogP contribution is -2.00. The lowest BCUT2D eigenvalue weighted by atomic mass is 10.4. The van der Waals surface area contributed by atoms with Crippen molar-refractivity contribution >= 4 is 11.9 Å². The van der Waals surface area contributed by atoms with Gasteiger partial charge in [-0.2, -0.15) is 9.78 Å². The molecule has 0 spiro atoms. The molecule has 0 amide bonds. The Morgan fingerprint density at radius 2 is 1.11 bits per heavy atom. The summed E-state index contributed by atoms with van der Waals surface area (Å²) < 4.78 is 0. The van der Waals surface area contributed by atoms with Crippen LogP contribution in [0.1, 0.15) is 53.4 Å². The predicted molar refractivity (Wildman–Crippen MR) is 65.3 cm³/mol. The lowest BCUT2D eigenvalue weighted by Gasteiger charge is -1.97. The van der Waals surface area contributed by atoms with E-state index in [0.29, 0.717) is 13.2 Å². The Hall–Kier alpha value is -1.14. The molecule has 0 unspecified atom stereocenters. The van der Waals surface area contributed by atoms with E-state index in [1.165, 1.54) is 13.8 Å². The average Bonchev–Trinajstić information content (AvgIpc) is 2.31. The molecule has 0 saturated carbocycles. The highest BCUT2D eigenvalue weighted by Gasteiger charge is 1.91. The van der Waals surface area contributed by atoms with Crippen LogP contribution < -0.4 is 0 Å². The van der Waals surface area contributed by atoms with Gasteiger partial charge in [-0.1, -0.05) is 26.7 Å². The Morgan fingerprint density at radius 1 is 0.778 bits per heavy atom. The smallest absolute Gasteiger partial charge is 0.299 e. The van der Waals surface area contributed by atoms with Crippen molar-refractivity contribution in [1.82, 2.24) is 0 Å². The van der Waals surface area contributed by atoms with E-state index in [1.807, 2.05) is 13.8 Å². The fourth-order valence-electron chi connectivity index (χ4n) is 0.656. The van der Waals surface area contributed by atoms with Crippen molar-refractivity contribution in [2.45, 2.75) is 53.4 Å². The molecule has 18 heavy (non-hydrogen) atoms. The number of carbonyl (C=O) groups is 2. The maximum Gasteiger partial charge on any atom is 0.339 e. The van der Waals surface area contributed by atoms with E-state index >= 15 is 0 Å². The van der Waals surface area contributed by atoms with Crippen LogP contribution in [0.15, 0.2) is 0 Å². The number of rotatable bonds is 8. The maximum atomic E-state index is 10.1. The molecule has 0 atom stereocenters. The molecule has 0 heterocycles. The van der Waals surface area contributed by atoms with Gasteiger partial charge in [-0.25, -0.2) is 9.59 Å². The number of unbranched alkanes of at least 4 members (excludes halogenated alkanes) is 2. The summed E-state index contributed by atoms with van der Waals surface area (Å²) in [5, 5.41) is 0. The van der Waals surface area contributed by atoms with E-state index in [2.05, 4.69) is 19.6 Å². The summed E-state index contributed by atoms with van der Waals surface area (Å²) in [6, 6.07) is 0. The lowest BCUT2D eigenvalue weighted by molar-refractivity contribution is -0.270. The molecule has 0 aliphatic carbocycles. The first-order valence-corrected chi connectivity index (χ1v) is 6.14. The summed E-state index contributed by atoms with van der Waals surface area (Å²) in [4.78, 5) is 37.5. The third-order valence-corrected chi connectivity index (χ3v) is 1.52. The number of hydrogen-bond donors (Lipinski definition) is 0. The maximum absolute atomic E-state index is 10.1. The van der Waals surface area contributed by atoms with Gasteiger partial charge in [0.2, 0.25) is 0 Å². The zero-order chi connectivity index (χ0) is 14.2. The molecule has 6 nitrogen and oxygen atoms in total. The van der Waals surface area contributed by atoms with Crippen molar-refractivity contribution in [3.8, 4) is 0 Å². The summed E-state index contributed by atoms with van der Waals surface area (Å²) in [7, 11) is 0. The molecule has 0 aliphatic rings. The molecule has 0 rings (SSSR count). The Morgan fingerprint density at radius 3 is 1.33 bits per heavy atom. The van der Waals surface area contributed by atoms with Crippen LogP contribution in [0.3, 0.4) is 0 Å². The van der Waals surface area contributed by atoms with Gasteiger partial charge in [-0.05, 0) is 12.8 Å². The Balaban J connectivity index is 0. The SMILES string of the molecule is CCCCOOC(C)=O.CCCCOOC(C)=O. The number of hydrogen-bond acceptors (Lipinski definition) is 6. The number of carbonyl (C=O) groups excluding carboxylic acids is 2. The van der Waals surface area contributed by atoms with Gasteiger partial charge in [-0.3, -0.25) is 9.78 Å². The van der Waals surface area contributed by atoms with Gasteiger partial charge in [-0.15, -0.1) is 0 Å². The fourth-order valence-corrected chi connectivity index (χ4v) is 0.656. The van der Waals surface area contributed by atoms with Gasteiger partial charge < -0.3 is 0 Å². The molecule has 108 valence electrons. The van der Waals surface area contributed by atoms with Crippen LogP contribution in [0, 0.1) is 0 Å². The molecule has 0 aliphatic heterocycles. The molecule has 0 N–H and O–H groups in total. The minimum atomic E-state index is -0.397. The quantitative estimate of drug-likeness (QED) is 0.381. The minimum Gasteiger partial charge on any atom is -0.299 e. The van der Waals surface area contributed by atoms with Crippen LogP contribution in [0.4, 0.5) is 0 Å². The Kier molecular flexibility index (Phi) is 16.9. The van der Waals surface area contributed by atoms with Gasteiger partial charge in [0.15, 0.2) is 0 Å². The van der Waals surface area contributed by atoms with Gasteiger partial charge in [0.05, 0.1) is 13.2 Å². The molecular weight excluding hydrogens is 240 g/mol.